The van der Waals surface area contributed by atoms with Gasteiger partial charge in [-0.05, 0) is 68.1 Å². The van der Waals surface area contributed by atoms with E-state index < -0.39 is 0 Å². The maximum Gasteiger partial charge on any atom is 0.261 e. The molecule has 6 nitrogen and oxygen atoms in total. The Labute approximate surface area is 224 Å². The second-order valence-electron chi connectivity index (χ2n) is 9.93. The Bertz CT molecular complexity index is 1660. The first-order valence-corrected chi connectivity index (χ1v) is 13.9. The predicted octanol–water partition coefficient (Wildman–Crippen LogP) is 6.46. The molecule has 0 amide bonds. The first-order valence-electron chi connectivity index (χ1n) is 13.0. The fraction of sp³-hybridized carbons (Fsp3) is 0.300. The number of alkyl halides is 1. The molecular formula is C30H29FN4O2S. The van der Waals surface area contributed by atoms with Gasteiger partial charge in [0.1, 0.15) is 24.0 Å². The summed E-state index contributed by atoms with van der Waals surface area (Å²) in [5, 5.41) is 0.523. The van der Waals surface area contributed by atoms with Gasteiger partial charge in [0.05, 0.1) is 26.6 Å². The van der Waals surface area contributed by atoms with Crippen molar-refractivity contribution in [2.24, 2.45) is 5.92 Å². The molecule has 194 valence electrons. The molecule has 0 radical (unpaired) electrons. The highest BCUT2D eigenvalue weighted by Crippen LogP contribution is 2.30. The first-order chi connectivity index (χ1) is 18.6. The number of hydrogen-bond donors (Lipinski definition) is 0. The lowest BCUT2D eigenvalue weighted by Gasteiger charge is -2.32. The second kappa shape index (κ2) is 10.6. The van der Waals surface area contributed by atoms with E-state index in [-0.39, 0.29) is 18.2 Å². The maximum atomic E-state index is 14.0. The lowest BCUT2D eigenvalue weighted by molar-refractivity contribution is 0.152. The van der Waals surface area contributed by atoms with E-state index in [1.807, 2.05) is 71.6 Å². The molecule has 0 bridgehead atoms. The molecule has 1 fully saturated rings. The van der Waals surface area contributed by atoms with Crippen molar-refractivity contribution in [2.75, 3.05) is 26.3 Å². The number of aryl methyl sites for hydroxylation is 1. The third-order valence-corrected chi connectivity index (χ3v) is 8.09. The molecule has 38 heavy (non-hydrogen) atoms. The maximum absolute atomic E-state index is 14.0. The first kappa shape index (κ1) is 24.7. The van der Waals surface area contributed by atoms with E-state index in [9.17, 15) is 9.18 Å². The van der Waals surface area contributed by atoms with Gasteiger partial charge in [-0.3, -0.25) is 9.36 Å². The highest BCUT2D eigenvalue weighted by molar-refractivity contribution is 7.16. The van der Waals surface area contributed by atoms with Gasteiger partial charge in [0.15, 0.2) is 0 Å². The van der Waals surface area contributed by atoms with Crippen LogP contribution in [0.1, 0.15) is 18.4 Å². The van der Waals surface area contributed by atoms with Crippen LogP contribution in [0.4, 0.5) is 4.39 Å². The van der Waals surface area contributed by atoms with Gasteiger partial charge in [0.25, 0.3) is 5.56 Å². The van der Waals surface area contributed by atoms with E-state index in [1.54, 1.807) is 17.4 Å². The van der Waals surface area contributed by atoms with Gasteiger partial charge < -0.3 is 9.64 Å². The summed E-state index contributed by atoms with van der Waals surface area (Å²) < 4.78 is 22.0. The number of piperidine rings is 1. The van der Waals surface area contributed by atoms with Crippen molar-refractivity contribution in [3.63, 3.8) is 0 Å². The number of hydrogen-bond acceptors (Lipinski definition) is 6. The summed E-state index contributed by atoms with van der Waals surface area (Å²) in [5.41, 5.74) is 5.31. The van der Waals surface area contributed by atoms with Gasteiger partial charge in [-0.2, -0.15) is 0 Å². The zero-order valence-corrected chi connectivity index (χ0v) is 22.1. The van der Waals surface area contributed by atoms with Gasteiger partial charge in [-0.25, -0.2) is 14.4 Å². The third kappa shape index (κ3) is 4.93. The minimum atomic E-state index is -0.350. The van der Waals surface area contributed by atoms with Crippen molar-refractivity contribution in [3.05, 3.63) is 82.1 Å². The number of likely N-dealkylation sites (tertiary alicyclic amines) is 1. The number of rotatable bonds is 7. The van der Waals surface area contributed by atoms with Crippen LogP contribution in [0.3, 0.4) is 0 Å². The largest absolute Gasteiger partial charge is 0.457 e. The number of aromatic nitrogens is 3. The molecule has 1 aliphatic heterocycles. The summed E-state index contributed by atoms with van der Waals surface area (Å²) in [6.45, 7) is 4.37. The monoisotopic (exact) mass is 527 g/mol. The van der Waals surface area contributed by atoms with E-state index in [4.69, 9.17) is 9.72 Å². The second-order valence-corrected chi connectivity index (χ2v) is 10.8. The predicted molar refractivity (Wildman–Crippen MR) is 151 cm³/mol. The summed E-state index contributed by atoms with van der Waals surface area (Å²) >= 11 is 1.56. The van der Waals surface area contributed by atoms with Crippen molar-refractivity contribution < 1.29 is 9.13 Å². The Balaban J connectivity index is 1.41. The van der Waals surface area contributed by atoms with Gasteiger partial charge in [-0.1, -0.05) is 24.3 Å². The van der Waals surface area contributed by atoms with Gasteiger partial charge in [-0.15, -0.1) is 11.3 Å². The van der Waals surface area contributed by atoms with Crippen LogP contribution < -0.4 is 10.3 Å². The van der Waals surface area contributed by atoms with Crippen LogP contribution in [0.15, 0.2) is 71.0 Å². The molecule has 2 aromatic heterocycles. The van der Waals surface area contributed by atoms with E-state index in [0.717, 1.165) is 47.3 Å². The lowest BCUT2D eigenvalue weighted by atomic mass is 9.97. The summed E-state index contributed by atoms with van der Waals surface area (Å²) in [7, 11) is 0. The molecule has 6 rings (SSSR count). The van der Waals surface area contributed by atoms with Crippen LogP contribution in [0.2, 0.25) is 0 Å². The normalized spacial score (nSPS) is 16.3. The summed E-state index contributed by atoms with van der Waals surface area (Å²) in [6.07, 6.45) is 2.01. The Morgan fingerprint density at radius 1 is 1.08 bits per heavy atom. The van der Waals surface area contributed by atoms with E-state index >= 15 is 0 Å². The molecule has 0 saturated carbocycles. The Kier molecular flexibility index (Phi) is 6.91. The van der Waals surface area contributed by atoms with Crippen molar-refractivity contribution in [1.29, 1.82) is 0 Å². The van der Waals surface area contributed by atoms with E-state index in [1.165, 1.54) is 0 Å². The highest BCUT2D eigenvalue weighted by Gasteiger charge is 2.23. The molecular weight excluding hydrogens is 498 g/mol. The Hall–Kier alpha value is -3.62. The number of ether oxygens (including phenoxy) is 1. The lowest BCUT2D eigenvalue weighted by Crippen LogP contribution is -2.39. The number of thiazole rings is 1. The highest BCUT2D eigenvalue weighted by atomic mass is 32.1. The van der Waals surface area contributed by atoms with Crippen LogP contribution in [0.5, 0.6) is 11.5 Å². The SMILES string of the molecule is Cc1ccccc1-c1nc2ccc(Oc3ccc4ncsc4c3)cc2c(=O)n1C[C@H]1CCCN(CC[18F])C1. The molecule has 0 aliphatic carbocycles. The molecule has 1 saturated heterocycles. The van der Waals surface area contributed by atoms with Crippen LogP contribution in [-0.4, -0.2) is 45.7 Å². The Morgan fingerprint density at radius 3 is 2.74 bits per heavy atom. The summed E-state index contributed by atoms with van der Waals surface area (Å²) in [6, 6.07) is 19.3. The smallest absolute Gasteiger partial charge is 0.261 e. The summed E-state index contributed by atoms with van der Waals surface area (Å²) in [4.78, 5) is 25.5. The Morgan fingerprint density at radius 2 is 1.89 bits per heavy atom. The molecule has 1 aliphatic rings. The number of fused-ring (bicyclic) bond motifs is 2. The van der Waals surface area contributed by atoms with Gasteiger partial charge in [0, 0.05) is 31.3 Å². The van der Waals surface area contributed by atoms with Crippen LogP contribution in [0.25, 0.3) is 32.5 Å². The molecule has 3 aromatic carbocycles. The molecule has 0 spiro atoms. The zero-order valence-electron chi connectivity index (χ0n) is 21.3. The standard InChI is InChI=1S/C30H29FN4O2S/c1-20-5-2-3-7-24(20)29-33-26-10-8-22(37-23-9-11-27-28(16-23)38-19-32-27)15-25(26)30(36)35(29)18-21-6-4-13-34(17-21)14-12-31/h2-3,5,7-11,15-16,19,21H,4,6,12-14,17-18H2,1H3/t21-/m0/s1/i31-1. The molecule has 8 heteroatoms. The molecule has 3 heterocycles. The fourth-order valence-electron chi connectivity index (χ4n) is 5.38. The summed E-state index contributed by atoms with van der Waals surface area (Å²) in [5.74, 6) is 2.21. The minimum absolute atomic E-state index is 0.0840. The van der Waals surface area contributed by atoms with Crippen molar-refractivity contribution in [1.82, 2.24) is 19.4 Å². The van der Waals surface area contributed by atoms with Gasteiger partial charge >= 0.3 is 0 Å². The topological polar surface area (TPSA) is 60.3 Å². The fourth-order valence-corrected chi connectivity index (χ4v) is 6.08. The quantitative estimate of drug-likeness (QED) is 0.243. The van der Waals surface area contributed by atoms with Crippen molar-refractivity contribution in [3.8, 4) is 22.9 Å². The average molecular weight is 528 g/mol. The molecule has 0 unspecified atom stereocenters. The average Bonchev–Trinajstić information content (AvgIpc) is 3.39. The van der Waals surface area contributed by atoms with Crippen molar-refractivity contribution >= 4 is 32.5 Å². The van der Waals surface area contributed by atoms with E-state index in [0.29, 0.717) is 41.3 Å². The third-order valence-electron chi connectivity index (χ3n) is 7.29. The zero-order chi connectivity index (χ0) is 26.1. The minimum Gasteiger partial charge on any atom is -0.457 e. The molecule has 1 atom stereocenters. The van der Waals surface area contributed by atoms with Crippen LogP contribution >= 0.6 is 11.3 Å². The number of benzene rings is 3. The van der Waals surface area contributed by atoms with Crippen molar-refractivity contribution in [2.45, 2.75) is 26.3 Å². The number of nitrogens with zero attached hydrogens (tertiary/aromatic N) is 4. The van der Waals surface area contributed by atoms with E-state index in [2.05, 4.69) is 9.88 Å². The number of halogens is 1. The molecule has 0 N–H and O–H groups in total. The van der Waals surface area contributed by atoms with Gasteiger partial charge in [0.2, 0.25) is 0 Å². The molecule has 5 aromatic rings. The van der Waals surface area contributed by atoms with Crippen LogP contribution in [0, 0.1) is 12.8 Å². The van der Waals surface area contributed by atoms with Crippen LogP contribution in [-0.2, 0) is 6.54 Å².